The molecule has 0 atom stereocenters. The van der Waals surface area contributed by atoms with Gasteiger partial charge in [-0.3, -0.25) is 0 Å². The molecule has 0 unspecified atom stereocenters. The first-order chi connectivity index (χ1) is 6.66. The monoisotopic (exact) mass is 247 g/mol. The van der Waals surface area contributed by atoms with Crippen molar-refractivity contribution in [3.05, 3.63) is 39.7 Å². The van der Waals surface area contributed by atoms with Crippen molar-refractivity contribution in [1.82, 2.24) is 4.98 Å². The van der Waals surface area contributed by atoms with Gasteiger partial charge in [-0.2, -0.15) is 4.39 Å². The first-order valence-electron chi connectivity index (χ1n) is 3.73. The van der Waals surface area contributed by atoms with Gasteiger partial charge in [-0.05, 0) is 18.2 Å². The molecule has 2 aromatic rings. The molecule has 0 radical (unpaired) electrons. The highest BCUT2D eigenvalue weighted by atomic mass is 35.5. The number of thiophene rings is 1. The highest BCUT2D eigenvalue weighted by molar-refractivity contribution is 7.19. The van der Waals surface area contributed by atoms with E-state index in [9.17, 15) is 4.39 Å². The highest BCUT2D eigenvalue weighted by Crippen LogP contribution is 2.32. The van der Waals surface area contributed by atoms with Crippen LogP contribution in [0.25, 0.3) is 10.4 Å². The third-order valence-corrected chi connectivity index (χ3v) is 3.12. The third-order valence-electron chi connectivity index (χ3n) is 1.64. The van der Waals surface area contributed by atoms with Gasteiger partial charge < -0.3 is 0 Å². The number of pyridine rings is 1. The van der Waals surface area contributed by atoms with Gasteiger partial charge in [0.2, 0.25) is 5.95 Å². The molecule has 14 heavy (non-hydrogen) atoms. The largest absolute Gasteiger partial charge is 0.226 e. The van der Waals surface area contributed by atoms with Crippen LogP contribution in [0.5, 0.6) is 0 Å². The summed E-state index contributed by atoms with van der Waals surface area (Å²) in [5.41, 5.74) is 0.384. The van der Waals surface area contributed by atoms with Crippen LogP contribution in [0.4, 0.5) is 4.39 Å². The van der Waals surface area contributed by atoms with E-state index in [0.717, 1.165) is 4.88 Å². The second-order valence-electron chi connectivity index (χ2n) is 2.60. The summed E-state index contributed by atoms with van der Waals surface area (Å²) in [6, 6.07) is 4.98. The Balaban J connectivity index is 2.55. The van der Waals surface area contributed by atoms with Crippen LogP contribution < -0.4 is 0 Å². The average molecular weight is 248 g/mol. The minimum absolute atomic E-state index is 0.384. The second kappa shape index (κ2) is 3.85. The first-order valence-corrected chi connectivity index (χ1v) is 5.31. The Morgan fingerprint density at radius 2 is 2.07 bits per heavy atom. The fourth-order valence-corrected chi connectivity index (χ4v) is 2.26. The van der Waals surface area contributed by atoms with Crippen LogP contribution in [0.15, 0.2) is 24.4 Å². The number of rotatable bonds is 1. The van der Waals surface area contributed by atoms with Crippen molar-refractivity contribution in [2.24, 2.45) is 0 Å². The molecule has 5 heteroatoms. The maximum absolute atomic E-state index is 13.3. The fraction of sp³-hybridized carbons (Fsp3) is 0. The molecule has 0 aliphatic rings. The van der Waals surface area contributed by atoms with Gasteiger partial charge in [-0.25, -0.2) is 4.98 Å². The zero-order valence-electron chi connectivity index (χ0n) is 6.80. The lowest BCUT2D eigenvalue weighted by Gasteiger charge is -1.98. The van der Waals surface area contributed by atoms with E-state index in [4.69, 9.17) is 23.2 Å². The van der Waals surface area contributed by atoms with Gasteiger partial charge in [0.25, 0.3) is 0 Å². The molecule has 0 amide bonds. The summed E-state index contributed by atoms with van der Waals surface area (Å²) in [6.45, 7) is 0. The van der Waals surface area contributed by atoms with Crippen LogP contribution in [0, 0.1) is 5.95 Å². The number of aromatic nitrogens is 1. The van der Waals surface area contributed by atoms with E-state index in [1.807, 2.05) is 0 Å². The lowest BCUT2D eigenvalue weighted by Crippen LogP contribution is -1.85. The molecule has 0 bridgehead atoms. The summed E-state index contributed by atoms with van der Waals surface area (Å²) in [6.07, 6.45) is 1.27. The van der Waals surface area contributed by atoms with Crippen molar-refractivity contribution < 1.29 is 4.39 Å². The van der Waals surface area contributed by atoms with Gasteiger partial charge in [-0.1, -0.05) is 23.2 Å². The molecule has 2 heterocycles. The second-order valence-corrected chi connectivity index (χ2v) is 4.75. The molecular formula is C9H4Cl2FNS. The van der Waals surface area contributed by atoms with Crippen molar-refractivity contribution >= 4 is 34.5 Å². The molecule has 72 valence electrons. The van der Waals surface area contributed by atoms with Gasteiger partial charge in [0.15, 0.2) is 0 Å². The van der Waals surface area contributed by atoms with Crippen LogP contribution >= 0.6 is 34.5 Å². The third kappa shape index (κ3) is 1.90. The molecule has 0 saturated carbocycles. The Morgan fingerprint density at radius 1 is 1.29 bits per heavy atom. The predicted molar refractivity (Wildman–Crippen MR) is 57.5 cm³/mol. The number of hydrogen-bond acceptors (Lipinski definition) is 2. The quantitative estimate of drug-likeness (QED) is 0.687. The Labute approximate surface area is 94.1 Å². The Kier molecular flexibility index (Phi) is 2.72. The summed E-state index contributed by atoms with van der Waals surface area (Å²) in [5.74, 6) is -0.534. The standard InChI is InChI=1S/C9H4Cl2FNS/c10-5-3-6(9(12)13-4-5)7-1-2-8(11)14-7/h1-4H. The van der Waals surface area contributed by atoms with E-state index in [0.29, 0.717) is 14.9 Å². The molecule has 1 nitrogen and oxygen atoms in total. The molecule has 0 aliphatic heterocycles. The number of nitrogens with zero attached hydrogens (tertiary/aromatic N) is 1. The molecule has 0 aromatic carbocycles. The number of hydrogen-bond donors (Lipinski definition) is 0. The van der Waals surface area contributed by atoms with Gasteiger partial charge in [-0.15, -0.1) is 11.3 Å². The topological polar surface area (TPSA) is 12.9 Å². The predicted octanol–water partition coefficient (Wildman–Crippen LogP) is 4.26. The fourth-order valence-electron chi connectivity index (χ4n) is 1.05. The van der Waals surface area contributed by atoms with Crippen LogP contribution in [-0.2, 0) is 0 Å². The summed E-state index contributed by atoms with van der Waals surface area (Å²) < 4.78 is 13.9. The molecule has 0 saturated heterocycles. The van der Waals surface area contributed by atoms with Crippen LogP contribution in [-0.4, -0.2) is 4.98 Å². The summed E-state index contributed by atoms with van der Waals surface area (Å²) >= 11 is 12.8. The van der Waals surface area contributed by atoms with E-state index in [-0.39, 0.29) is 0 Å². The van der Waals surface area contributed by atoms with Gasteiger partial charge >= 0.3 is 0 Å². The van der Waals surface area contributed by atoms with Crippen LogP contribution in [0.1, 0.15) is 0 Å². The zero-order chi connectivity index (χ0) is 10.1. The molecule has 0 fully saturated rings. The zero-order valence-corrected chi connectivity index (χ0v) is 9.13. The summed E-state index contributed by atoms with van der Waals surface area (Å²) in [4.78, 5) is 4.25. The highest BCUT2D eigenvalue weighted by Gasteiger charge is 2.09. The lowest BCUT2D eigenvalue weighted by molar-refractivity contribution is 0.588. The van der Waals surface area contributed by atoms with Crippen LogP contribution in [0.2, 0.25) is 9.36 Å². The minimum Gasteiger partial charge on any atom is -0.226 e. The van der Waals surface area contributed by atoms with Gasteiger partial charge in [0.05, 0.1) is 9.36 Å². The van der Waals surface area contributed by atoms with Gasteiger partial charge in [0, 0.05) is 16.6 Å². The molecule has 0 spiro atoms. The lowest BCUT2D eigenvalue weighted by atomic mass is 10.2. The smallest absolute Gasteiger partial charge is 0.221 e. The normalized spacial score (nSPS) is 10.5. The van der Waals surface area contributed by atoms with E-state index in [1.54, 1.807) is 12.1 Å². The summed E-state index contributed by atoms with van der Waals surface area (Å²) in [7, 11) is 0. The van der Waals surface area contributed by atoms with Crippen molar-refractivity contribution in [3.63, 3.8) is 0 Å². The van der Waals surface area contributed by atoms with Crippen molar-refractivity contribution in [2.75, 3.05) is 0 Å². The minimum atomic E-state index is -0.534. The van der Waals surface area contributed by atoms with E-state index >= 15 is 0 Å². The van der Waals surface area contributed by atoms with Gasteiger partial charge in [0.1, 0.15) is 0 Å². The van der Waals surface area contributed by atoms with Crippen molar-refractivity contribution in [1.29, 1.82) is 0 Å². The first kappa shape index (κ1) is 9.90. The molecule has 0 N–H and O–H groups in total. The molecule has 0 aliphatic carbocycles. The van der Waals surface area contributed by atoms with E-state index in [1.165, 1.54) is 23.6 Å². The van der Waals surface area contributed by atoms with Crippen molar-refractivity contribution in [2.45, 2.75) is 0 Å². The average Bonchev–Trinajstić information content (AvgIpc) is 2.56. The Morgan fingerprint density at radius 3 is 2.71 bits per heavy atom. The Hall–Kier alpha value is -0.640. The SMILES string of the molecule is Fc1ncc(Cl)cc1-c1ccc(Cl)s1. The van der Waals surface area contributed by atoms with E-state index in [2.05, 4.69) is 4.98 Å². The number of halogens is 3. The molecule has 2 rings (SSSR count). The van der Waals surface area contributed by atoms with E-state index < -0.39 is 5.95 Å². The van der Waals surface area contributed by atoms with Crippen LogP contribution in [0.3, 0.4) is 0 Å². The maximum atomic E-state index is 13.3. The van der Waals surface area contributed by atoms with Crippen molar-refractivity contribution in [3.8, 4) is 10.4 Å². The summed E-state index contributed by atoms with van der Waals surface area (Å²) in [5, 5.41) is 0.408. The Bertz CT molecular complexity index is 470. The maximum Gasteiger partial charge on any atom is 0.221 e. The molecular weight excluding hydrogens is 244 g/mol. The molecule has 2 aromatic heterocycles.